The summed E-state index contributed by atoms with van der Waals surface area (Å²) >= 11 is 0. The smallest absolute Gasteiger partial charge is 0.288 e. The average molecular weight is 189 g/mol. The van der Waals surface area contributed by atoms with E-state index in [1.807, 2.05) is 13.8 Å². The first-order chi connectivity index (χ1) is 5.70. The van der Waals surface area contributed by atoms with Crippen molar-refractivity contribution in [1.82, 2.24) is 0 Å². The molecule has 0 fully saturated rings. The molecule has 0 aromatic carbocycles. The highest BCUT2D eigenvalue weighted by atomic mass is 28.2. The van der Waals surface area contributed by atoms with Gasteiger partial charge < -0.3 is 14.0 Å². The maximum atomic E-state index is 5.02. The Balaban J connectivity index is 3.65. The predicted octanol–water partition coefficient (Wildman–Crippen LogP) is 0.574. The molecule has 5 heteroatoms. The first-order valence-electron chi connectivity index (χ1n) is 3.62. The van der Waals surface area contributed by atoms with Crippen molar-refractivity contribution in [3.05, 3.63) is 11.6 Å². The maximum Gasteiger partial charge on any atom is 0.288 e. The van der Waals surface area contributed by atoms with E-state index in [4.69, 9.17) is 14.0 Å². The second-order valence-electron chi connectivity index (χ2n) is 2.27. The molecule has 0 aromatic heterocycles. The van der Waals surface area contributed by atoms with Crippen molar-refractivity contribution < 1.29 is 14.0 Å². The van der Waals surface area contributed by atoms with Gasteiger partial charge in [-0.2, -0.15) is 0 Å². The summed E-state index contributed by atoms with van der Waals surface area (Å²) in [6, 6.07) is 0. The summed E-state index contributed by atoms with van der Waals surface area (Å²) in [5.74, 6) is 0.491. The van der Waals surface area contributed by atoms with Gasteiger partial charge in [0.25, 0.3) is 15.7 Å². The van der Waals surface area contributed by atoms with Gasteiger partial charge in [0.2, 0.25) is 0 Å². The fraction of sp³-hybridized carbons (Fsp3) is 0.571. The lowest BCUT2D eigenvalue weighted by molar-refractivity contribution is 0.0959. The van der Waals surface area contributed by atoms with E-state index in [9.17, 15) is 0 Å². The van der Waals surface area contributed by atoms with Crippen LogP contribution in [0.3, 0.4) is 0 Å². The summed E-state index contributed by atoms with van der Waals surface area (Å²) in [6.07, 6.45) is 0. The van der Waals surface area contributed by atoms with Gasteiger partial charge in [-0.05, 0) is 13.8 Å². The van der Waals surface area contributed by atoms with Gasteiger partial charge in [-0.15, -0.1) is 5.16 Å². The fourth-order valence-corrected chi connectivity index (χ4v) is 1.40. The van der Waals surface area contributed by atoms with Gasteiger partial charge in [0.15, 0.2) is 0 Å². The zero-order chi connectivity index (χ0) is 9.40. The molecule has 0 unspecified atom stereocenters. The standard InChI is InChI=1S/C7H15NO3Si/c1-6(2)8-11-12-5-7(9-3)10-4/h5H,12H2,1-4H3. The third kappa shape index (κ3) is 5.78. The minimum absolute atomic E-state index is 0.491. The maximum absolute atomic E-state index is 5.02. The second kappa shape index (κ2) is 6.72. The van der Waals surface area contributed by atoms with Gasteiger partial charge in [-0.25, -0.2) is 0 Å². The van der Waals surface area contributed by atoms with Gasteiger partial charge >= 0.3 is 0 Å². The molecule has 0 spiro atoms. The number of oxime groups is 1. The van der Waals surface area contributed by atoms with Crippen LogP contribution in [0.15, 0.2) is 16.8 Å². The third-order valence-corrected chi connectivity index (χ3v) is 1.75. The topological polar surface area (TPSA) is 40.0 Å². The highest BCUT2D eigenvalue weighted by molar-refractivity contribution is 6.34. The van der Waals surface area contributed by atoms with Gasteiger partial charge in [-0.3, -0.25) is 0 Å². The van der Waals surface area contributed by atoms with E-state index in [-0.39, 0.29) is 0 Å². The highest BCUT2D eigenvalue weighted by Gasteiger charge is 1.92. The summed E-state index contributed by atoms with van der Waals surface area (Å²) < 4.78 is 14.7. The van der Waals surface area contributed by atoms with Crippen LogP contribution in [0.5, 0.6) is 0 Å². The molecule has 0 bridgehead atoms. The molecule has 0 rings (SSSR count). The van der Waals surface area contributed by atoms with Crippen molar-refractivity contribution in [1.29, 1.82) is 0 Å². The first kappa shape index (κ1) is 11.0. The summed E-state index contributed by atoms with van der Waals surface area (Å²) in [5, 5.41) is 3.79. The minimum atomic E-state index is -0.800. The van der Waals surface area contributed by atoms with Crippen molar-refractivity contribution in [3.8, 4) is 0 Å². The van der Waals surface area contributed by atoms with Gasteiger partial charge in [0, 0.05) is 11.4 Å². The molecule has 0 aromatic rings. The second-order valence-corrected chi connectivity index (χ2v) is 3.27. The molecule has 0 aliphatic rings. The lowest BCUT2D eigenvalue weighted by Crippen LogP contribution is -1.96. The Morgan fingerprint density at radius 1 is 1.25 bits per heavy atom. The van der Waals surface area contributed by atoms with Crippen LogP contribution in [0, 0.1) is 0 Å². The van der Waals surface area contributed by atoms with E-state index in [2.05, 4.69) is 5.16 Å². The molecule has 0 saturated heterocycles. The molecule has 0 aliphatic carbocycles. The number of hydrogen-bond acceptors (Lipinski definition) is 4. The normalized spacial score (nSPS) is 9.33. The lowest BCUT2D eigenvalue weighted by Gasteiger charge is -2.02. The number of methoxy groups -OCH3 is 2. The van der Waals surface area contributed by atoms with Crippen molar-refractivity contribution in [3.63, 3.8) is 0 Å². The van der Waals surface area contributed by atoms with E-state index in [1.54, 1.807) is 19.9 Å². The number of ether oxygens (including phenoxy) is 2. The minimum Gasteiger partial charge on any atom is -0.469 e. The van der Waals surface area contributed by atoms with Crippen LogP contribution >= 0.6 is 0 Å². The molecular weight excluding hydrogens is 174 g/mol. The Hall–Kier alpha value is -0.973. The molecule has 0 amide bonds. The van der Waals surface area contributed by atoms with Crippen LogP contribution in [0.4, 0.5) is 0 Å². The van der Waals surface area contributed by atoms with Crippen LogP contribution in [0.1, 0.15) is 13.8 Å². The van der Waals surface area contributed by atoms with Crippen molar-refractivity contribution in [2.45, 2.75) is 13.8 Å². The number of nitrogens with zero attached hydrogens (tertiary/aromatic N) is 1. The Labute approximate surface area is 75.1 Å². The molecule has 0 heterocycles. The molecule has 70 valence electrons. The van der Waals surface area contributed by atoms with Crippen molar-refractivity contribution in [2.75, 3.05) is 14.2 Å². The molecule has 12 heavy (non-hydrogen) atoms. The Morgan fingerprint density at radius 3 is 2.25 bits per heavy atom. The molecule has 0 radical (unpaired) electrons. The quantitative estimate of drug-likeness (QED) is 0.209. The van der Waals surface area contributed by atoms with Gasteiger partial charge in [0.05, 0.1) is 14.2 Å². The van der Waals surface area contributed by atoms with Crippen LogP contribution < -0.4 is 0 Å². The van der Waals surface area contributed by atoms with Gasteiger partial charge in [0.1, 0.15) is 0 Å². The molecule has 0 aliphatic heterocycles. The summed E-state index contributed by atoms with van der Waals surface area (Å²) in [6.45, 7) is 3.76. The number of hydrogen-bond donors (Lipinski definition) is 0. The largest absolute Gasteiger partial charge is 0.469 e. The molecule has 0 atom stereocenters. The average Bonchev–Trinajstić information content (AvgIpc) is 2.04. The zero-order valence-electron chi connectivity index (χ0n) is 7.96. The summed E-state index contributed by atoms with van der Waals surface area (Å²) in [4.78, 5) is 0. The summed E-state index contributed by atoms with van der Waals surface area (Å²) in [5.41, 5.74) is 2.71. The monoisotopic (exact) mass is 189 g/mol. The van der Waals surface area contributed by atoms with E-state index < -0.39 is 9.76 Å². The zero-order valence-corrected chi connectivity index (χ0v) is 9.37. The van der Waals surface area contributed by atoms with E-state index >= 15 is 0 Å². The van der Waals surface area contributed by atoms with Gasteiger partial charge in [-0.1, -0.05) is 0 Å². The molecular formula is C7H15NO3Si. The van der Waals surface area contributed by atoms with Crippen LogP contribution in [-0.2, 0) is 14.0 Å². The van der Waals surface area contributed by atoms with E-state index in [0.717, 1.165) is 5.71 Å². The van der Waals surface area contributed by atoms with E-state index in [1.165, 1.54) is 0 Å². The van der Waals surface area contributed by atoms with Crippen molar-refractivity contribution >= 4 is 15.5 Å². The van der Waals surface area contributed by atoms with Crippen LogP contribution in [0.2, 0.25) is 0 Å². The molecule has 0 N–H and O–H groups in total. The Kier molecular flexibility index (Phi) is 6.17. The fourth-order valence-electron chi connectivity index (χ4n) is 0.522. The van der Waals surface area contributed by atoms with Crippen LogP contribution in [-0.4, -0.2) is 29.7 Å². The van der Waals surface area contributed by atoms with Crippen LogP contribution in [0.25, 0.3) is 0 Å². The first-order valence-corrected chi connectivity index (χ1v) is 5.01. The van der Waals surface area contributed by atoms with E-state index in [0.29, 0.717) is 5.95 Å². The third-order valence-electron chi connectivity index (χ3n) is 0.974. The summed E-state index contributed by atoms with van der Waals surface area (Å²) in [7, 11) is 2.31. The lowest BCUT2D eigenvalue weighted by atomic mass is 10.5. The predicted molar refractivity (Wildman–Crippen MR) is 50.5 cm³/mol. The highest BCUT2D eigenvalue weighted by Crippen LogP contribution is 1.93. The SMILES string of the molecule is COC(=C[SiH2]ON=C(C)C)OC. The Morgan fingerprint density at radius 2 is 1.83 bits per heavy atom. The number of rotatable bonds is 5. The molecule has 0 saturated carbocycles. The molecule has 4 nitrogen and oxygen atoms in total. The van der Waals surface area contributed by atoms with Crippen molar-refractivity contribution in [2.24, 2.45) is 5.16 Å². The Bertz CT molecular complexity index is 169.